The maximum Gasteiger partial charge on any atom is 0.327 e. The number of nitrogens with one attached hydrogen (secondary N) is 2. The first-order chi connectivity index (χ1) is 63.1. The number of aromatic amines is 1. The predicted molar refractivity (Wildman–Crippen MR) is 501 cm³/mol. The minimum atomic E-state index is -1.00. The van der Waals surface area contributed by atoms with Crippen LogP contribution in [0.15, 0.2) is 156 Å². The summed E-state index contributed by atoms with van der Waals surface area (Å²) in [5, 5.41) is 75.5. The number of anilines is 3. The zero-order valence-corrected chi connectivity index (χ0v) is 76.3. The molecule has 0 atom stereocenters. The number of hydrogen-bond acceptors (Lipinski definition) is 25. The summed E-state index contributed by atoms with van der Waals surface area (Å²) >= 11 is 18.2. The number of aromatic nitrogens is 15. The third-order valence-electron chi connectivity index (χ3n) is 21.0. The second-order valence-corrected chi connectivity index (χ2v) is 33.9. The maximum absolute atomic E-state index is 12.9. The highest BCUT2D eigenvalue weighted by Gasteiger charge is 2.27. The molecule has 0 spiro atoms. The fraction of sp³-hybridized carbons (Fsp3) is 0.368. The first kappa shape index (κ1) is 99.5. The Labute approximate surface area is 768 Å². The quantitative estimate of drug-likeness (QED) is 0.00870. The van der Waals surface area contributed by atoms with E-state index in [1.165, 1.54) is 10.4 Å². The number of halogens is 3. The summed E-state index contributed by atoms with van der Waals surface area (Å²) in [6, 6.07) is 36.9. The monoisotopic (exact) mass is 1870 g/mol. The van der Waals surface area contributed by atoms with Crippen LogP contribution in [0.5, 0.6) is 0 Å². The van der Waals surface area contributed by atoms with Crippen molar-refractivity contribution >= 4 is 157 Å². The van der Waals surface area contributed by atoms with Crippen LogP contribution < -0.4 is 25.8 Å². The molecule has 0 bridgehead atoms. The maximum atomic E-state index is 12.9. The second kappa shape index (κ2) is 49.7. The molecule has 3 saturated heterocycles. The molecule has 0 unspecified atom stereocenters. The summed E-state index contributed by atoms with van der Waals surface area (Å²) in [4.78, 5) is 116. The molecule has 0 saturated carbocycles. The van der Waals surface area contributed by atoms with E-state index in [0.717, 1.165) is 140 Å². The van der Waals surface area contributed by atoms with Gasteiger partial charge in [0.1, 0.15) is 26.2 Å². The van der Waals surface area contributed by atoms with Crippen molar-refractivity contribution in [2.45, 2.75) is 107 Å². The van der Waals surface area contributed by atoms with Gasteiger partial charge in [0, 0.05) is 210 Å². The van der Waals surface area contributed by atoms with Gasteiger partial charge in [0.2, 0.25) is 11.8 Å². The van der Waals surface area contributed by atoms with Gasteiger partial charge in [-0.15, -0.1) is 7.92 Å². The predicted octanol–water partition coefficient (Wildman–Crippen LogP) is 12.6. The molecule has 40 nitrogen and oxygen atoms in total. The highest BCUT2D eigenvalue weighted by Crippen LogP contribution is 2.38. The molecule has 2 amide bonds. The first-order valence-electron chi connectivity index (χ1n) is 41.9. The molecule has 3 aromatic carbocycles. The standard InChI is InChI=1S/C20H21ClN8O.C20H23ClN6O.C11H15ClN2.C11H13N3O2.C9H8N6O2.C9H15O6P.C7H7N3/c1-14-11-15(4-5-17(14)21)27-7-9-28(10-8-27)19(30)13-29-20-16(3-2-6-23-20)18(25-29)12-24-26-22;1-14-11-15(4-5-17(14)21)25-7-9-26(10-8-25)19(28)13-27-20-16(3-2-6-23-20)18(12-22)24-27;1-9-8-10(2-3-11(9)12)14-6-4-13-5-7-14;1-3-16-10(15)7-14-11-9(8(2)13-14)5-4-6-12-11;10-14-12-4-7-6-2-1-3-11-9(6)15(13-7)5-8(16)17;10-7(11)1-4-16(5-2-8(12)13)6-3-9(14)15;1-5-6-3-2-4-8-7(6)10-9-5/h2-6,11H,7-10,12-13H2,1H3;2-6,11H,7-10,12-13,22H2,1H3;2-3,8,13H,4-7H2,1H3;4-6H,3,7H2,1-2H3;1-3H,4-5H2,(H,16,17);1-6H2,(H,10,11)(H,12,13)(H,14,15);2-4H,1H3,(H,8,9,10). The average Bonchev–Trinajstić information content (AvgIpc) is 1.69. The van der Waals surface area contributed by atoms with Crippen molar-refractivity contribution in [3.63, 3.8) is 0 Å². The number of aliphatic carboxylic acids is 4. The highest BCUT2D eigenvalue weighted by molar-refractivity contribution is 7.57. The lowest BCUT2D eigenvalue weighted by Crippen LogP contribution is -2.49. The molecule has 3 aliphatic heterocycles. The Morgan fingerprint density at radius 3 is 1.21 bits per heavy atom. The smallest absolute Gasteiger partial charge is 0.327 e. The van der Waals surface area contributed by atoms with Gasteiger partial charge in [-0.1, -0.05) is 45.0 Å². The number of benzene rings is 3. The number of aryl methyl sites for hydroxylation is 5. The molecule has 3 fully saturated rings. The topological polar surface area (TPSA) is 526 Å². The number of ether oxygens (including phenoxy) is 1. The van der Waals surface area contributed by atoms with E-state index in [0.29, 0.717) is 97.2 Å². The average molecular weight is 1870 g/mol. The summed E-state index contributed by atoms with van der Waals surface area (Å²) < 4.78 is 11.0. The lowest BCUT2D eigenvalue weighted by Gasteiger charge is -2.36. The summed E-state index contributed by atoms with van der Waals surface area (Å²) in [5.74, 6) is -4.06. The fourth-order valence-electron chi connectivity index (χ4n) is 14.2. The van der Waals surface area contributed by atoms with Crippen LogP contribution in [0.1, 0.15) is 71.3 Å². The van der Waals surface area contributed by atoms with E-state index in [4.69, 9.17) is 76.8 Å². The number of rotatable bonds is 26. The van der Waals surface area contributed by atoms with Crippen molar-refractivity contribution in [2.75, 3.05) is 118 Å². The Kier molecular flexibility index (Phi) is 37.8. The molecule has 13 aromatic rings. The van der Waals surface area contributed by atoms with Crippen LogP contribution in [0.2, 0.25) is 15.1 Å². The third-order valence-corrected chi connectivity index (χ3v) is 24.8. The third kappa shape index (κ3) is 28.9. The van der Waals surface area contributed by atoms with Gasteiger partial charge in [-0.2, -0.15) is 25.5 Å². The number of azide groups is 2. The number of piperazine rings is 3. The van der Waals surface area contributed by atoms with Gasteiger partial charge < -0.3 is 60.7 Å². The van der Waals surface area contributed by atoms with Crippen molar-refractivity contribution < 1.29 is 58.7 Å². The van der Waals surface area contributed by atoms with E-state index in [1.807, 2.05) is 117 Å². The van der Waals surface area contributed by atoms with Gasteiger partial charge in [-0.25, -0.2) is 43.6 Å². The molecule has 44 heteroatoms. The Morgan fingerprint density at radius 1 is 0.466 bits per heavy atom. The van der Waals surface area contributed by atoms with Crippen molar-refractivity contribution in [3.05, 3.63) is 227 Å². The number of amides is 2. The van der Waals surface area contributed by atoms with Crippen LogP contribution in [0.4, 0.5) is 17.1 Å². The number of hydrogen-bond donors (Lipinski definition) is 7. The van der Waals surface area contributed by atoms with E-state index in [-0.39, 0.29) is 76.3 Å². The number of esters is 1. The number of nitrogens with two attached hydrogens (primary N) is 1. The number of carboxylic acid groups (broad SMARTS) is 4. The second-order valence-electron chi connectivity index (χ2n) is 30.0. The molecule has 688 valence electrons. The molecule has 3 aliphatic rings. The molecule has 13 heterocycles. The van der Waals surface area contributed by atoms with Crippen molar-refractivity contribution in [1.29, 1.82) is 0 Å². The fourth-order valence-corrected chi connectivity index (χ4v) is 16.8. The number of nitrogens with zero attached hydrogens (tertiary/aromatic N) is 25. The van der Waals surface area contributed by atoms with Gasteiger partial charge >= 0.3 is 29.8 Å². The zero-order chi connectivity index (χ0) is 94.0. The van der Waals surface area contributed by atoms with E-state index < -0.39 is 31.8 Å². The molecule has 0 radical (unpaired) electrons. The summed E-state index contributed by atoms with van der Waals surface area (Å²) in [5.41, 5.74) is 36.6. The summed E-state index contributed by atoms with van der Waals surface area (Å²) in [6.45, 7) is 22.7. The highest BCUT2D eigenvalue weighted by atomic mass is 35.5. The SMILES string of the molecule is CCOC(=O)Cn1nc(C)c2cccnc21.Cc1[nH]nc2ncccc12.Cc1cc(N2CCN(C(=O)Cn3nc(CN)c4cccnc43)CC2)ccc1Cl.Cc1cc(N2CCN(C(=O)Cn3nc(CN=[N+]=[N-])c4cccnc43)CC2)ccc1Cl.Cc1cc(N2CCNCC2)ccc1Cl.O=C(O)CCP(CCC(=O)O)CCC(=O)O.[N-]=[N+]=NCc1nn(CC(=O)O)c2ncccc12. The van der Waals surface area contributed by atoms with E-state index in [9.17, 15) is 33.6 Å². The largest absolute Gasteiger partial charge is 0.481 e. The number of pyridine rings is 5. The molecular formula is C87H102Cl3N28O12P. The zero-order valence-electron chi connectivity index (χ0n) is 73.1. The van der Waals surface area contributed by atoms with E-state index in [1.54, 1.807) is 70.2 Å². The molecule has 0 aliphatic carbocycles. The molecular weight excluding hydrogens is 1770 g/mol. The Balaban J connectivity index is 0.000000163. The van der Waals surface area contributed by atoms with Gasteiger partial charge in [-0.3, -0.25) is 38.7 Å². The van der Waals surface area contributed by atoms with E-state index in [2.05, 4.69) is 120 Å². The molecule has 8 N–H and O–H groups in total. The van der Waals surface area contributed by atoms with Crippen LogP contribution in [-0.4, -0.2) is 250 Å². The first-order valence-corrected chi connectivity index (χ1v) is 44.9. The lowest BCUT2D eigenvalue weighted by molar-refractivity contribution is -0.144. The van der Waals surface area contributed by atoms with Crippen LogP contribution in [-0.2, 0) is 84.1 Å². The van der Waals surface area contributed by atoms with Crippen LogP contribution in [0, 0.1) is 34.6 Å². The Hall–Kier alpha value is -13.7. The lowest BCUT2D eigenvalue weighted by atomic mass is 10.2. The van der Waals surface area contributed by atoms with Gasteiger partial charge in [0.25, 0.3) is 0 Å². The normalized spacial score (nSPS) is 12.9. The minimum absolute atomic E-state index is 0.00711. The summed E-state index contributed by atoms with van der Waals surface area (Å²) in [7, 11) is -0.801. The van der Waals surface area contributed by atoms with Crippen molar-refractivity contribution in [3.8, 4) is 0 Å². The Morgan fingerprint density at radius 2 is 0.832 bits per heavy atom. The van der Waals surface area contributed by atoms with Crippen LogP contribution >= 0.6 is 42.7 Å². The number of carbonyl (C=O) groups excluding carboxylic acids is 3. The van der Waals surface area contributed by atoms with Crippen molar-refractivity contribution in [1.82, 2.24) is 89.4 Å². The van der Waals surface area contributed by atoms with Crippen molar-refractivity contribution in [2.24, 2.45) is 16.0 Å². The Bertz CT molecular complexity index is 6130. The van der Waals surface area contributed by atoms with Gasteiger partial charge in [0.05, 0.1) is 42.5 Å². The number of carbonyl (C=O) groups is 7. The molecule has 16 rings (SSSR count). The van der Waals surface area contributed by atoms with Gasteiger partial charge in [0.15, 0.2) is 28.2 Å². The van der Waals surface area contributed by atoms with Crippen LogP contribution in [0.25, 0.3) is 76.1 Å². The number of fused-ring (bicyclic) bond motifs is 5. The molecule has 131 heavy (non-hydrogen) atoms. The minimum Gasteiger partial charge on any atom is -0.481 e. The summed E-state index contributed by atoms with van der Waals surface area (Å²) in [6.07, 6.45) is 9.46. The molecule has 10 aromatic heterocycles. The number of carboxylic acids is 4. The van der Waals surface area contributed by atoms with E-state index >= 15 is 0 Å². The van der Waals surface area contributed by atoms with Crippen LogP contribution in [0.3, 0.4) is 0 Å². The number of H-pyrrole nitrogens is 1. The van der Waals surface area contributed by atoms with Gasteiger partial charge in [-0.05, 0) is 203 Å².